The van der Waals surface area contributed by atoms with E-state index in [1.54, 1.807) is 4.90 Å². The van der Waals surface area contributed by atoms with E-state index in [1.165, 1.54) is 0 Å². The van der Waals surface area contributed by atoms with Gasteiger partial charge in [-0.2, -0.15) is 0 Å². The number of hydrogen-bond donors (Lipinski definition) is 1. The van der Waals surface area contributed by atoms with Gasteiger partial charge in [0.1, 0.15) is 19.3 Å². The molecule has 0 spiro atoms. The summed E-state index contributed by atoms with van der Waals surface area (Å²) in [6.45, 7) is 7.33. The van der Waals surface area contributed by atoms with Crippen molar-refractivity contribution >= 4 is 11.8 Å². The van der Waals surface area contributed by atoms with Gasteiger partial charge in [0.25, 0.3) is 0 Å². The molecule has 1 N–H and O–H groups in total. The molecule has 0 radical (unpaired) electrons. The van der Waals surface area contributed by atoms with Crippen molar-refractivity contribution in [2.24, 2.45) is 0 Å². The number of ether oxygens (including phenoxy) is 2. The number of carbonyl (C=O) groups is 2. The Labute approximate surface area is 219 Å². The number of nitrogens with zero attached hydrogens (tertiary/aromatic N) is 1. The van der Waals surface area contributed by atoms with Gasteiger partial charge in [-0.05, 0) is 56.0 Å². The molecule has 37 heavy (non-hydrogen) atoms. The molecule has 1 atom stereocenters. The van der Waals surface area contributed by atoms with Crippen LogP contribution in [0.2, 0.25) is 0 Å². The summed E-state index contributed by atoms with van der Waals surface area (Å²) in [5, 5.41) is 3.04. The summed E-state index contributed by atoms with van der Waals surface area (Å²) < 4.78 is 11.3. The number of nitrogens with one attached hydrogen (secondary N) is 1. The second-order valence-corrected chi connectivity index (χ2v) is 9.85. The van der Waals surface area contributed by atoms with Crippen molar-refractivity contribution in [3.05, 3.63) is 95.1 Å². The van der Waals surface area contributed by atoms with E-state index in [-0.39, 0.29) is 24.3 Å². The third-order valence-corrected chi connectivity index (χ3v) is 6.41. The van der Waals surface area contributed by atoms with Crippen molar-refractivity contribution < 1.29 is 19.1 Å². The average Bonchev–Trinajstić information content (AvgIpc) is 2.90. The van der Waals surface area contributed by atoms with E-state index in [0.29, 0.717) is 38.3 Å². The molecule has 0 aromatic heterocycles. The standard InChI is InChI=1S/C31H36N2O4/c1-22(2)32-31(35)27(19-24-7-5-4-6-8-24)33(21-26-11-9-23(3)10-12-26)30(34)16-14-25-13-15-28-29(20-25)37-18-17-36-28/h4-13,15,20,22,27H,14,16-19,21H2,1-3H3,(H,32,35)/t27-/m0/s1. The van der Waals surface area contributed by atoms with Crippen LogP contribution in [0.15, 0.2) is 72.8 Å². The molecule has 0 aliphatic carbocycles. The normalized spacial score (nSPS) is 13.2. The summed E-state index contributed by atoms with van der Waals surface area (Å²) in [5.74, 6) is 1.25. The zero-order valence-corrected chi connectivity index (χ0v) is 21.9. The number of fused-ring (bicyclic) bond motifs is 1. The molecule has 194 valence electrons. The molecule has 6 heteroatoms. The highest BCUT2D eigenvalue weighted by molar-refractivity contribution is 5.88. The van der Waals surface area contributed by atoms with Crippen LogP contribution in [0.3, 0.4) is 0 Å². The highest BCUT2D eigenvalue weighted by atomic mass is 16.6. The largest absolute Gasteiger partial charge is 0.486 e. The minimum Gasteiger partial charge on any atom is -0.486 e. The fourth-order valence-electron chi connectivity index (χ4n) is 4.46. The summed E-state index contributed by atoms with van der Waals surface area (Å²) in [7, 11) is 0. The topological polar surface area (TPSA) is 67.9 Å². The SMILES string of the molecule is Cc1ccc(CN(C(=O)CCc2ccc3c(c2)OCCO3)[C@@H](Cc2ccccc2)C(=O)NC(C)C)cc1. The first kappa shape index (κ1) is 26.3. The van der Waals surface area contributed by atoms with E-state index in [9.17, 15) is 9.59 Å². The fraction of sp³-hybridized carbons (Fsp3) is 0.355. The molecular weight excluding hydrogens is 464 g/mol. The lowest BCUT2D eigenvalue weighted by atomic mass is 10.0. The highest BCUT2D eigenvalue weighted by Gasteiger charge is 2.30. The van der Waals surface area contributed by atoms with Crippen LogP contribution in [0.4, 0.5) is 0 Å². The molecule has 0 fully saturated rings. The van der Waals surface area contributed by atoms with Gasteiger partial charge in [-0.1, -0.05) is 66.2 Å². The number of amides is 2. The molecular formula is C31H36N2O4. The third kappa shape index (κ3) is 7.35. The maximum Gasteiger partial charge on any atom is 0.243 e. The predicted molar refractivity (Wildman–Crippen MR) is 145 cm³/mol. The van der Waals surface area contributed by atoms with Crippen molar-refractivity contribution in [1.82, 2.24) is 10.2 Å². The van der Waals surface area contributed by atoms with Crippen molar-refractivity contribution in [3.63, 3.8) is 0 Å². The molecule has 1 heterocycles. The predicted octanol–water partition coefficient (Wildman–Crippen LogP) is 4.86. The maximum absolute atomic E-state index is 13.8. The van der Waals surface area contributed by atoms with E-state index in [2.05, 4.69) is 5.32 Å². The third-order valence-electron chi connectivity index (χ3n) is 6.41. The van der Waals surface area contributed by atoms with Gasteiger partial charge in [0.2, 0.25) is 11.8 Å². The van der Waals surface area contributed by atoms with Crippen molar-refractivity contribution in [1.29, 1.82) is 0 Å². The van der Waals surface area contributed by atoms with Crippen molar-refractivity contribution in [3.8, 4) is 11.5 Å². The van der Waals surface area contributed by atoms with Gasteiger partial charge in [-0.25, -0.2) is 0 Å². The number of benzene rings is 3. The molecule has 0 saturated heterocycles. The smallest absolute Gasteiger partial charge is 0.243 e. The average molecular weight is 501 g/mol. The van der Waals surface area contributed by atoms with Gasteiger partial charge in [0, 0.05) is 25.4 Å². The lowest BCUT2D eigenvalue weighted by molar-refractivity contribution is -0.141. The second kappa shape index (κ2) is 12.4. The fourth-order valence-corrected chi connectivity index (χ4v) is 4.46. The summed E-state index contributed by atoms with van der Waals surface area (Å²) in [5.41, 5.74) is 4.16. The zero-order chi connectivity index (χ0) is 26.2. The quantitative estimate of drug-likeness (QED) is 0.432. The molecule has 4 rings (SSSR count). The molecule has 3 aromatic rings. The Morgan fingerprint density at radius 2 is 1.54 bits per heavy atom. The number of carbonyl (C=O) groups excluding carboxylic acids is 2. The molecule has 0 bridgehead atoms. The number of aryl methyl sites for hydroxylation is 2. The highest BCUT2D eigenvalue weighted by Crippen LogP contribution is 2.31. The van der Waals surface area contributed by atoms with Gasteiger partial charge in [-0.15, -0.1) is 0 Å². The minimum atomic E-state index is -0.626. The maximum atomic E-state index is 13.8. The van der Waals surface area contributed by atoms with Gasteiger partial charge < -0.3 is 19.7 Å². The number of rotatable bonds is 10. The van der Waals surface area contributed by atoms with Gasteiger partial charge in [0.15, 0.2) is 11.5 Å². The van der Waals surface area contributed by atoms with Crippen molar-refractivity contribution in [2.75, 3.05) is 13.2 Å². The van der Waals surface area contributed by atoms with E-state index in [0.717, 1.165) is 28.0 Å². The first-order chi connectivity index (χ1) is 17.9. The summed E-state index contributed by atoms with van der Waals surface area (Å²) in [6.07, 6.45) is 1.27. The first-order valence-electron chi connectivity index (χ1n) is 13.0. The summed E-state index contributed by atoms with van der Waals surface area (Å²) in [6, 6.07) is 23.1. The van der Waals surface area contributed by atoms with E-state index >= 15 is 0 Å². The summed E-state index contributed by atoms with van der Waals surface area (Å²) in [4.78, 5) is 29.0. The lowest BCUT2D eigenvalue weighted by Gasteiger charge is -2.32. The van der Waals surface area contributed by atoms with Crippen LogP contribution < -0.4 is 14.8 Å². The second-order valence-electron chi connectivity index (χ2n) is 9.85. The Hall–Kier alpha value is -3.80. The van der Waals surface area contributed by atoms with Crippen molar-refractivity contribution in [2.45, 2.75) is 58.7 Å². The van der Waals surface area contributed by atoms with Crippen LogP contribution >= 0.6 is 0 Å². The molecule has 3 aromatic carbocycles. The Morgan fingerprint density at radius 3 is 2.24 bits per heavy atom. The molecule has 1 aliphatic rings. The Bertz CT molecular complexity index is 1190. The first-order valence-corrected chi connectivity index (χ1v) is 13.0. The van der Waals surface area contributed by atoms with Crippen LogP contribution in [0, 0.1) is 6.92 Å². The zero-order valence-electron chi connectivity index (χ0n) is 21.9. The monoisotopic (exact) mass is 500 g/mol. The van der Waals surface area contributed by atoms with Crippen LogP contribution in [0.5, 0.6) is 11.5 Å². The van der Waals surface area contributed by atoms with Gasteiger partial charge >= 0.3 is 0 Å². The molecule has 2 amide bonds. The molecule has 1 aliphatic heterocycles. The van der Waals surface area contributed by atoms with Gasteiger partial charge in [0.05, 0.1) is 0 Å². The molecule has 0 unspecified atom stereocenters. The molecule has 0 saturated carbocycles. The van der Waals surface area contributed by atoms with E-state index in [4.69, 9.17) is 9.47 Å². The van der Waals surface area contributed by atoms with Crippen LogP contribution in [-0.2, 0) is 29.0 Å². The van der Waals surface area contributed by atoms with Gasteiger partial charge in [-0.3, -0.25) is 9.59 Å². The number of hydrogen-bond acceptors (Lipinski definition) is 4. The van der Waals surface area contributed by atoms with Crippen LogP contribution in [0.25, 0.3) is 0 Å². The summed E-state index contributed by atoms with van der Waals surface area (Å²) >= 11 is 0. The Morgan fingerprint density at radius 1 is 0.865 bits per heavy atom. The molecule has 6 nitrogen and oxygen atoms in total. The van der Waals surface area contributed by atoms with E-state index < -0.39 is 6.04 Å². The Kier molecular flexibility index (Phi) is 8.83. The van der Waals surface area contributed by atoms with Crippen LogP contribution in [-0.4, -0.2) is 42.0 Å². The van der Waals surface area contributed by atoms with E-state index in [1.807, 2.05) is 93.6 Å². The lowest BCUT2D eigenvalue weighted by Crippen LogP contribution is -2.51. The Balaban J connectivity index is 1.58. The minimum absolute atomic E-state index is 0.0279. The van der Waals surface area contributed by atoms with Crippen LogP contribution in [0.1, 0.15) is 42.5 Å².